The summed E-state index contributed by atoms with van der Waals surface area (Å²) in [6.45, 7) is 8.69. The van der Waals surface area contributed by atoms with Gasteiger partial charge < -0.3 is 20.7 Å². The van der Waals surface area contributed by atoms with Crippen molar-refractivity contribution >= 4 is 42.2 Å². The van der Waals surface area contributed by atoms with Gasteiger partial charge in [0, 0.05) is 31.5 Å². The minimum Gasteiger partial charge on any atom is -0.378 e. The summed E-state index contributed by atoms with van der Waals surface area (Å²) < 4.78 is 5.69. The fourth-order valence-electron chi connectivity index (χ4n) is 3.83. The van der Waals surface area contributed by atoms with E-state index in [0.29, 0.717) is 18.7 Å². The molecule has 2 unspecified atom stereocenters. The van der Waals surface area contributed by atoms with Gasteiger partial charge in [0.15, 0.2) is 0 Å². The van der Waals surface area contributed by atoms with Crippen molar-refractivity contribution in [2.75, 3.05) is 29.9 Å². The lowest BCUT2D eigenvalue weighted by molar-refractivity contribution is -0.166. The molecule has 3 N–H and O–H groups in total. The van der Waals surface area contributed by atoms with E-state index >= 15 is 0 Å². The van der Waals surface area contributed by atoms with E-state index in [1.807, 2.05) is 32.9 Å². The second-order valence-electron chi connectivity index (χ2n) is 7.75. The van der Waals surface area contributed by atoms with Gasteiger partial charge in [-0.2, -0.15) is 0 Å². The molecule has 27 heavy (non-hydrogen) atoms. The predicted molar refractivity (Wildman–Crippen MR) is 114 cm³/mol. The molecule has 6 nitrogen and oxygen atoms in total. The summed E-state index contributed by atoms with van der Waals surface area (Å²) in [7, 11) is 0. The molecule has 1 aliphatic heterocycles. The maximum atomic E-state index is 12.7. The van der Waals surface area contributed by atoms with E-state index < -0.39 is 11.0 Å². The molecule has 1 amide bonds. The molecular formula is C19H32Cl2N4O2. The zero-order valence-corrected chi connectivity index (χ0v) is 18.0. The number of carbonyl (C=O) groups is 1. The van der Waals surface area contributed by atoms with Gasteiger partial charge in [-0.25, -0.2) is 4.98 Å². The Balaban J connectivity index is 0.00000182. The Morgan fingerprint density at radius 1 is 1.30 bits per heavy atom. The monoisotopic (exact) mass is 418 g/mol. The Bertz CT molecular complexity index is 621. The van der Waals surface area contributed by atoms with Gasteiger partial charge in [-0.05, 0) is 38.3 Å². The molecule has 1 saturated heterocycles. The molecule has 0 radical (unpaired) electrons. The molecule has 0 aromatic carbocycles. The average Bonchev–Trinajstić information content (AvgIpc) is 2.62. The number of hydrogen-bond donors (Lipinski definition) is 2. The molecule has 1 aliphatic carbocycles. The summed E-state index contributed by atoms with van der Waals surface area (Å²) in [4.78, 5) is 19.5. The van der Waals surface area contributed by atoms with Crippen LogP contribution in [0.25, 0.3) is 0 Å². The fourth-order valence-corrected chi connectivity index (χ4v) is 3.83. The van der Waals surface area contributed by atoms with E-state index in [2.05, 4.69) is 15.2 Å². The van der Waals surface area contributed by atoms with Gasteiger partial charge in [-0.15, -0.1) is 24.8 Å². The molecular weight excluding hydrogens is 387 g/mol. The van der Waals surface area contributed by atoms with Gasteiger partial charge in [0.25, 0.3) is 0 Å². The summed E-state index contributed by atoms with van der Waals surface area (Å²) in [6, 6.07) is 3.88. The number of hydrogen-bond acceptors (Lipinski definition) is 5. The van der Waals surface area contributed by atoms with E-state index in [0.717, 1.165) is 18.9 Å². The number of pyridine rings is 1. The van der Waals surface area contributed by atoms with E-state index in [1.165, 1.54) is 19.3 Å². The molecule has 0 bridgehead atoms. The lowest BCUT2D eigenvalue weighted by atomic mass is 9.54. The molecule has 2 aliphatic rings. The highest BCUT2D eigenvalue weighted by Crippen LogP contribution is 2.50. The van der Waals surface area contributed by atoms with Crippen molar-refractivity contribution < 1.29 is 9.53 Å². The van der Waals surface area contributed by atoms with Crippen molar-refractivity contribution in [3.63, 3.8) is 0 Å². The van der Waals surface area contributed by atoms with Crippen LogP contribution >= 0.6 is 24.8 Å². The third-order valence-corrected chi connectivity index (χ3v) is 5.92. The van der Waals surface area contributed by atoms with E-state index in [-0.39, 0.29) is 36.8 Å². The minimum atomic E-state index is -0.918. The molecule has 2 atom stereocenters. The lowest BCUT2D eigenvalue weighted by Gasteiger charge is -2.57. The number of anilines is 2. The Morgan fingerprint density at radius 2 is 1.96 bits per heavy atom. The van der Waals surface area contributed by atoms with Crippen molar-refractivity contribution in [2.24, 2.45) is 11.1 Å². The van der Waals surface area contributed by atoms with Crippen molar-refractivity contribution in [3.8, 4) is 0 Å². The quantitative estimate of drug-likeness (QED) is 0.765. The highest BCUT2D eigenvalue weighted by Gasteiger charge is 2.62. The number of piperidine rings is 1. The number of nitrogens with zero attached hydrogens (tertiary/aromatic N) is 2. The molecule has 1 saturated carbocycles. The second-order valence-corrected chi connectivity index (χ2v) is 7.75. The first-order chi connectivity index (χ1) is 11.9. The number of nitrogens with two attached hydrogens (primary N) is 1. The maximum Gasteiger partial charge on any atom is 0.245 e. The summed E-state index contributed by atoms with van der Waals surface area (Å²) >= 11 is 0. The van der Waals surface area contributed by atoms with Gasteiger partial charge >= 0.3 is 0 Å². The summed E-state index contributed by atoms with van der Waals surface area (Å²) in [5.41, 5.74) is 5.79. The van der Waals surface area contributed by atoms with Crippen LogP contribution in [0.2, 0.25) is 0 Å². The zero-order valence-electron chi connectivity index (χ0n) is 16.4. The first-order valence-corrected chi connectivity index (χ1v) is 9.31. The first kappa shape index (κ1) is 24.0. The molecule has 3 rings (SSSR count). The van der Waals surface area contributed by atoms with Gasteiger partial charge in [-0.1, -0.05) is 13.8 Å². The van der Waals surface area contributed by atoms with E-state index in [9.17, 15) is 4.79 Å². The van der Waals surface area contributed by atoms with Crippen molar-refractivity contribution in [1.29, 1.82) is 0 Å². The third kappa shape index (κ3) is 4.50. The first-order valence-electron chi connectivity index (χ1n) is 9.31. The second kappa shape index (κ2) is 9.41. The zero-order chi connectivity index (χ0) is 18.1. The number of amides is 1. The van der Waals surface area contributed by atoms with Crippen LogP contribution in [-0.2, 0) is 9.53 Å². The number of ether oxygens (including phenoxy) is 1. The fraction of sp³-hybridized carbons (Fsp3) is 0.684. The molecule has 8 heteroatoms. The Hall–Kier alpha value is -1.08. The van der Waals surface area contributed by atoms with Gasteiger partial charge in [0.1, 0.15) is 11.4 Å². The Labute approximate surface area is 174 Å². The van der Waals surface area contributed by atoms with E-state index in [1.54, 1.807) is 6.20 Å². The highest BCUT2D eigenvalue weighted by molar-refractivity contribution is 5.99. The van der Waals surface area contributed by atoms with Crippen LogP contribution in [0.5, 0.6) is 0 Å². The van der Waals surface area contributed by atoms with E-state index in [4.69, 9.17) is 10.5 Å². The lowest BCUT2D eigenvalue weighted by Crippen LogP contribution is -2.74. The highest BCUT2D eigenvalue weighted by atomic mass is 35.5. The summed E-state index contributed by atoms with van der Waals surface area (Å²) in [5, 5.41) is 2.93. The van der Waals surface area contributed by atoms with Crippen LogP contribution in [0.3, 0.4) is 0 Å². The third-order valence-electron chi connectivity index (χ3n) is 5.92. The van der Waals surface area contributed by atoms with Gasteiger partial charge in [-0.3, -0.25) is 4.79 Å². The van der Waals surface area contributed by atoms with Crippen LogP contribution < -0.4 is 16.0 Å². The number of carbonyl (C=O) groups excluding carboxylic acids is 1. The molecule has 1 aromatic heterocycles. The van der Waals surface area contributed by atoms with Crippen LogP contribution in [0.1, 0.15) is 46.5 Å². The number of halogens is 2. The minimum absolute atomic E-state index is 0. The van der Waals surface area contributed by atoms with Crippen LogP contribution in [0.4, 0.5) is 11.5 Å². The molecule has 154 valence electrons. The molecule has 1 aromatic rings. The van der Waals surface area contributed by atoms with Crippen molar-refractivity contribution in [1.82, 2.24) is 4.98 Å². The largest absolute Gasteiger partial charge is 0.378 e. The van der Waals surface area contributed by atoms with Gasteiger partial charge in [0.05, 0.1) is 18.0 Å². The maximum absolute atomic E-state index is 12.7. The van der Waals surface area contributed by atoms with Crippen LogP contribution in [0, 0.1) is 5.41 Å². The summed E-state index contributed by atoms with van der Waals surface area (Å²) in [6.07, 6.45) is 6.00. The summed E-state index contributed by atoms with van der Waals surface area (Å²) in [5.74, 6) is 0.807. The topological polar surface area (TPSA) is 80.5 Å². The molecule has 2 heterocycles. The van der Waals surface area contributed by atoms with Crippen molar-refractivity contribution in [2.45, 2.75) is 58.1 Å². The number of aromatic nitrogens is 1. The smallest absolute Gasteiger partial charge is 0.245 e. The Kier molecular flexibility index (Phi) is 8.35. The predicted octanol–water partition coefficient (Wildman–Crippen LogP) is 3.39. The standard InChI is InChI=1S/C19H30N4O2.2ClH/c1-4-25-15-12-19(20,18(15,2)3)17(24)22-14-8-9-16(21-13-14)23-10-6-5-7-11-23;;/h8-9,13,15H,4-7,10-12,20H2,1-3H3,(H,22,24);2*1H. The average molecular weight is 419 g/mol. The van der Waals surface area contributed by atoms with Crippen LogP contribution in [-0.4, -0.2) is 42.2 Å². The van der Waals surface area contributed by atoms with Crippen molar-refractivity contribution in [3.05, 3.63) is 18.3 Å². The van der Waals surface area contributed by atoms with Crippen LogP contribution in [0.15, 0.2) is 18.3 Å². The number of rotatable bonds is 5. The number of nitrogens with one attached hydrogen (secondary N) is 1. The Morgan fingerprint density at radius 3 is 2.48 bits per heavy atom. The SMILES string of the molecule is CCOC1CC(N)(C(=O)Nc2ccc(N3CCCCC3)nc2)C1(C)C.Cl.Cl. The van der Waals surface area contributed by atoms with Gasteiger partial charge in [0.2, 0.25) is 5.91 Å². The molecule has 2 fully saturated rings. The normalized spacial score (nSPS) is 26.2. The molecule has 0 spiro atoms.